The first-order valence-electron chi connectivity index (χ1n) is 9.23. The first kappa shape index (κ1) is 20.1. The Morgan fingerprint density at radius 2 is 1.59 bits per heavy atom. The fraction of sp³-hybridized carbons (Fsp3) is 0.174. The molecular formula is C23H22N2O4. The zero-order valence-electron chi connectivity index (χ0n) is 16.1. The van der Waals surface area contributed by atoms with Crippen molar-refractivity contribution >= 4 is 28.6 Å². The maximum absolute atomic E-state index is 12.2. The van der Waals surface area contributed by atoms with E-state index in [1.807, 2.05) is 60.7 Å². The van der Waals surface area contributed by atoms with Crippen LogP contribution in [0.5, 0.6) is 0 Å². The predicted molar refractivity (Wildman–Crippen MR) is 110 cm³/mol. The minimum atomic E-state index is -0.666. The van der Waals surface area contributed by atoms with Crippen LogP contribution in [0.4, 0.5) is 0 Å². The van der Waals surface area contributed by atoms with Gasteiger partial charge in [-0.05, 0) is 28.5 Å². The first-order valence-corrected chi connectivity index (χ1v) is 9.23. The van der Waals surface area contributed by atoms with Gasteiger partial charge >= 0.3 is 5.97 Å². The van der Waals surface area contributed by atoms with Crippen molar-refractivity contribution in [3.8, 4) is 0 Å². The summed E-state index contributed by atoms with van der Waals surface area (Å²) in [5.74, 6) is -1.36. The van der Waals surface area contributed by atoms with Gasteiger partial charge in [-0.1, -0.05) is 60.7 Å². The summed E-state index contributed by atoms with van der Waals surface area (Å²) in [5, 5.41) is 4.49. The summed E-state index contributed by atoms with van der Waals surface area (Å²) in [6.07, 6.45) is 0. The molecule has 0 radical (unpaired) electrons. The van der Waals surface area contributed by atoms with Crippen molar-refractivity contribution in [3.05, 3.63) is 83.9 Å². The van der Waals surface area contributed by atoms with Gasteiger partial charge in [0.05, 0.1) is 0 Å². The number of amides is 2. The molecule has 0 aromatic heterocycles. The number of hydrogen-bond donors (Lipinski definition) is 1. The van der Waals surface area contributed by atoms with E-state index in [4.69, 9.17) is 4.74 Å². The van der Waals surface area contributed by atoms with Crippen molar-refractivity contribution < 1.29 is 19.1 Å². The molecule has 3 aromatic rings. The second-order valence-electron chi connectivity index (χ2n) is 6.64. The Morgan fingerprint density at radius 3 is 2.34 bits per heavy atom. The number of nitrogens with one attached hydrogen (secondary N) is 1. The maximum Gasteiger partial charge on any atom is 0.325 e. The van der Waals surface area contributed by atoms with E-state index in [1.54, 1.807) is 19.2 Å². The molecule has 6 heteroatoms. The van der Waals surface area contributed by atoms with Crippen molar-refractivity contribution in [1.29, 1.82) is 0 Å². The zero-order valence-corrected chi connectivity index (χ0v) is 16.1. The molecule has 3 aromatic carbocycles. The van der Waals surface area contributed by atoms with E-state index in [9.17, 15) is 14.4 Å². The van der Waals surface area contributed by atoms with Gasteiger partial charge in [0, 0.05) is 19.2 Å². The Balaban J connectivity index is 1.44. The van der Waals surface area contributed by atoms with E-state index in [1.165, 1.54) is 4.90 Å². The molecule has 1 N–H and O–H groups in total. The van der Waals surface area contributed by atoms with Crippen LogP contribution < -0.4 is 5.32 Å². The molecule has 0 aliphatic rings. The summed E-state index contributed by atoms with van der Waals surface area (Å²) in [7, 11) is 1.64. The summed E-state index contributed by atoms with van der Waals surface area (Å²) in [4.78, 5) is 37.7. The summed E-state index contributed by atoms with van der Waals surface area (Å²) < 4.78 is 4.97. The number of esters is 1. The van der Waals surface area contributed by atoms with E-state index in [0.29, 0.717) is 12.1 Å². The van der Waals surface area contributed by atoms with Gasteiger partial charge in [0.2, 0.25) is 0 Å². The number of fused-ring (bicyclic) bond motifs is 1. The Morgan fingerprint density at radius 1 is 0.897 bits per heavy atom. The number of rotatable bonds is 7. The van der Waals surface area contributed by atoms with Gasteiger partial charge in [-0.25, -0.2) is 0 Å². The molecule has 0 bridgehead atoms. The molecule has 0 saturated carbocycles. The van der Waals surface area contributed by atoms with Crippen LogP contribution in [0.2, 0.25) is 0 Å². The standard InChI is InChI=1S/C23H22N2O4/c1-25(15-17-7-3-2-4-8-17)21(26)16-29-22(27)14-24-23(28)20-12-11-18-9-5-6-10-19(18)13-20/h2-13H,14-16H2,1H3,(H,24,28). The molecule has 29 heavy (non-hydrogen) atoms. The molecule has 3 rings (SSSR count). The molecule has 6 nitrogen and oxygen atoms in total. The number of carbonyl (C=O) groups is 3. The second-order valence-corrected chi connectivity index (χ2v) is 6.64. The lowest BCUT2D eigenvalue weighted by Gasteiger charge is -2.17. The Bertz CT molecular complexity index is 1020. The topological polar surface area (TPSA) is 75.7 Å². The lowest BCUT2D eigenvalue weighted by Crippen LogP contribution is -2.34. The van der Waals surface area contributed by atoms with Crippen LogP contribution in [0.25, 0.3) is 10.8 Å². The van der Waals surface area contributed by atoms with E-state index in [0.717, 1.165) is 16.3 Å². The highest BCUT2D eigenvalue weighted by Gasteiger charge is 2.14. The summed E-state index contributed by atoms with van der Waals surface area (Å²) in [6.45, 7) is -0.245. The van der Waals surface area contributed by atoms with Gasteiger partial charge in [0.25, 0.3) is 11.8 Å². The number of nitrogens with zero attached hydrogens (tertiary/aromatic N) is 1. The zero-order chi connectivity index (χ0) is 20.6. The number of likely N-dealkylation sites (N-methyl/N-ethyl adjacent to an activating group) is 1. The van der Waals surface area contributed by atoms with Gasteiger partial charge in [0.1, 0.15) is 6.54 Å². The second kappa shape index (κ2) is 9.50. The van der Waals surface area contributed by atoms with Crippen LogP contribution in [-0.4, -0.2) is 42.9 Å². The quantitative estimate of drug-likeness (QED) is 0.630. The lowest BCUT2D eigenvalue weighted by atomic mass is 10.1. The molecule has 2 amide bonds. The minimum absolute atomic E-state index is 0.304. The van der Waals surface area contributed by atoms with E-state index in [2.05, 4.69) is 5.32 Å². The molecule has 0 spiro atoms. The van der Waals surface area contributed by atoms with Crippen LogP contribution in [-0.2, 0) is 20.9 Å². The van der Waals surface area contributed by atoms with Gasteiger partial charge < -0.3 is 15.0 Å². The van der Waals surface area contributed by atoms with Gasteiger partial charge in [-0.2, -0.15) is 0 Å². The third-order valence-corrected chi connectivity index (χ3v) is 4.45. The monoisotopic (exact) mass is 390 g/mol. The maximum atomic E-state index is 12.2. The van der Waals surface area contributed by atoms with Crippen LogP contribution >= 0.6 is 0 Å². The fourth-order valence-electron chi connectivity index (χ4n) is 2.83. The number of ether oxygens (including phenoxy) is 1. The number of carbonyl (C=O) groups excluding carboxylic acids is 3. The van der Waals surface area contributed by atoms with E-state index >= 15 is 0 Å². The SMILES string of the molecule is CN(Cc1ccccc1)C(=O)COC(=O)CNC(=O)c1ccc2ccccc2c1. The van der Waals surface area contributed by atoms with Crippen LogP contribution in [0, 0.1) is 0 Å². The molecule has 0 aliphatic carbocycles. The minimum Gasteiger partial charge on any atom is -0.454 e. The largest absolute Gasteiger partial charge is 0.454 e. The van der Waals surface area contributed by atoms with Crippen LogP contribution in [0.1, 0.15) is 15.9 Å². The van der Waals surface area contributed by atoms with E-state index in [-0.39, 0.29) is 25.0 Å². The van der Waals surface area contributed by atoms with Crippen molar-refractivity contribution in [2.24, 2.45) is 0 Å². The molecule has 0 saturated heterocycles. The number of hydrogen-bond acceptors (Lipinski definition) is 4. The Kier molecular flexibility index (Phi) is 6.58. The molecule has 0 atom stereocenters. The van der Waals surface area contributed by atoms with Gasteiger partial charge in [-0.3, -0.25) is 14.4 Å². The molecular weight excluding hydrogens is 368 g/mol. The lowest BCUT2D eigenvalue weighted by molar-refractivity contribution is -0.150. The Labute approximate surface area is 169 Å². The highest BCUT2D eigenvalue weighted by Crippen LogP contribution is 2.15. The third-order valence-electron chi connectivity index (χ3n) is 4.45. The summed E-state index contributed by atoms with van der Waals surface area (Å²) >= 11 is 0. The van der Waals surface area contributed by atoms with E-state index < -0.39 is 5.97 Å². The highest BCUT2D eigenvalue weighted by atomic mass is 16.5. The van der Waals surface area contributed by atoms with Gasteiger partial charge in [-0.15, -0.1) is 0 Å². The van der Waals surface area contributed by atoms with Crippen LogP contribution in [0.3, 0.4) is 0 Å². The molecule has 0 heterocycles. The predicted octanol–water partition coefficient (Wildman–Crippen LogP) is 2.77. The average Bonchev–Trinajstić information content (AvgIpc) is 2.76. The Hall–Kier alpha value is -3.67. The van der Waals surface area contributed by atoms with Crippen molar-refractivity contribution in [1.82, 2.24) is 10.2 Å². The van der Waals surface area contributed by atoms with Crippen molar-refractivity contribution in [2.45, 2.75) is 6.54 Å². The van der Waals surface area contributed by atoms with Crippen LogP contribution in [0.15, 0.2) is 72.8 Å². The summed E-state index contributed by atoms with van der Waals surface area (Å²) in [6, 6.07) is 22.5. The molecule has 0 aliphatic heterocycles. The smallest absolute Gasteiger partial charge is 0.325 e. The first-order chi connectivity index (χ1) is 14.0. The molecule has 148 valence electrons. The van der Waals surface area contributed by atoms with Crippen molar-refractivity contribution in [2.75, 3.05) is 20.2 Å². The normalized spacial score (nSPS) is 10.4. The highest BCUT2D eigenvalue weighted by molar-refractivity contribution is 5.99. The van der Waals surface area contributed by atoms with Gasteiger partial charge in [0.15, 0.2) is 6.61 Å². The third kappa shape index (κ3) is 5.65. The fourth-order valence-corrected chi connectivity index (χ4v) is 2.83. The molecule has 0 unspecified atom stereocenters. The summed E-state index contributed by atoms with van der Waals surface area (Å²) in [5.41, 5.74) is 1.44. The average molecular weight is 390 g/mol. The number of benzene rings is 3. The van der Waals surface area contributed by atoms with Crippen molar-refractivity contribution in [3.63, 3.8) is 0 Å². The molecule has 0 fully saturated rings.